The van der Waals surface area contributed by atoms with Crippen LogP contribution < -0.4 is 0 Å². The number of furan rings is 1. The number of rotatable bonds is 1. The molecule has 1 heterocycles. The molecule has 1 aliphatic rings. The Morgan fingerprint density at radius 3 is 2.94 bits per heavy atom. The predicted octanol–water partition coefficient (Wildman–Crippen LogP) is 4.01. The van der Waals surface area contributed by atoms with Gasteiger partial charge in [-0.15, -0.1) is 0 Å². The largest absolute Gasteiger partial charge is 0.458 e. The molecule has 88 valence electrons. The standard InChI is InChI=1S/C14H13ClO2/c15-11-4-5-12-10(8-11)9-13(17-12)14(16)6-2-1-3-7-14/h2,4-6,8-9,16H,1,3,7H2. The third kappa shape index (κ3) is 1.88. The summed E-state index contributed by atoms with van der Waals surface area (Å²) in [6.45, 7) is 0. The molecule has 0 spiro atoms. The average molecular weight is 249 g/mol. The molecule has 0 saturated heterocycles. The second-order valence-corrected chi connectivity index (χ2v) is 4.95. The van der Waals surface area contributed by atoms with Crippen LogP contribution in [0.3, 0.4) is 0 Å². The minimum Gasteiger partial charge on any atom is -0.458 e. The van der Waals surface area contributed by atoms with Crippen molar-refractivity contribution in [1.29, 1.82) is 0 Å². The molecule has 0 radical (unpaired) electrons. The van der Waals surface area contributed by atoms with E-state index in [2.05, 4.69) is 0 Å². The first-order valence-electron chi connectivity index (χ1n) is 5.77. The molecule has 1 aromatic carbocycles. The third-order valence-corrected chi connectivity index (χ3v) is 3.46. The van der Waals surface area contributed by atoms with Crippen LogP contribution in [0.15, 0.2) is 40.8 Å². The summed E-state index contributed by atoms with van der Waals surface area (Å²) in [6.07, 6.45) is 6.54. The fraction of sp³-hybridized carbons (Fsp3) is 0.286. The van der Waals surface area contributed by atoms with Crippen LogP contribution in [0.5, 0.6) is 0 Å². The average Bonchev–Trinajstić information content (AvgIpc) is 2.73. The summed E-state index contributed by atoms with van der Waals surface area (Å²) < 4.78 is 5.71. The van der Waals surface area contributed by atoms with Gasteiger partial charge in [-0.1, -0.05) is 17.7 Å². The van der Waals surface area contributed by atoms with E-state index in [1.54, 1.807) is 6.07 Å². The van der Waals surface area contributed by atoms with Crippen LogP contribution in [0.1, 0.15) is 25.0 Å². The van der Waals surface area contributed by atoms with Crippen molar-refractivity contribution in [2.45, 2.75) is 24.9 Å². The number of halogens is 1. The lowest BCUT2D eigenvalue weighted by atomic mass is 9.89. The van der Waals surface area contributed by atoms with Crippen molar-refractivity contribution in [3.8, 4) is 0 Å². The maximum atomic E-state index is 10.5. The molecule has 0 amide bonds. The fourth-order valence-corrected chi connectivity index (χ4v) is 2.46. The van der Waals surface area contributed by atoms with Crippen LogP contribution in [-0.4, -0.2) is 5.11 Å². The zero-order valence-electron chi connectivity index (χ0n) is 9.32. The first-order chi connectivity index (χ1) is 8.17. The van der Waals surface area contributed by atoms with E-state index >= 15 is 0 Å². The number of hydrogen-bond donors (Lipinski definition) is 1. The van der Waals surface area contributed by atoms with Gasteiger partial charge in [0, 0.05) is 10.4 Å². The van der Waals surface area contributed by atoms with Crippen LogP contribution in [0.4, 0.5) is 0 Å². The molecule has 0 bridgehead atoms. The molecule has 1 aliphatic carbocycles. The number of hydrogen-bond acceptors (Lipinski definition) is 2. The highest BCUT2D eigenvalue weighted by Crippen LogP contribution is 2.36. The first-order valence-corrected chi connectivity index (χ1v) is 6.15. The molecule has 2 nitrogen and oxygen atoms in total. The number of fused-ring (bicyclic) bond motifs is 1. The second kappa shape index (κ2) is 3.90. The molecule has 0 aliphatic heterocycles. The van der Waals surface area contributed by atoms with Gasteiger partial charge in [0.1, 0.15) is 16.9 Å². The van der Waals surface area contributed by atoms with Gasteiger partial charge in [-0.05, 0) is 49.6 Å². The van der Waals surface area contributed by atoms with E-state index in [1.807, 2.05) is 30.4 Å². The summed E-state index contributed by atoms with van der Waals surface area (Å²) >= 11 is 5.93. The Balaban J connectivity index is 2.11. The van der Waals surface area contributed by atoms with Gasteiger partial charge in [-0.25, -0.2) is 0 Å². The van der Waals surface area contributed by atoms with E-state index in [1.165, 1.54) is 0 Å². The number of allylic oxidation sites excluding steroid dienone is 1. The molecule has 1 atom stereocenters. The minimum absolute atomic E-state index is 0.603. The highest BCUT2D eigenvalue weighted by molar-refractivity contribution is 6.31. The van der Waals surface area contributed by atoms with Crippen LogP contribution in [-0.2, 0) is 5.60 Å². The summed E-state index contributed by atoms with van der Waals surface area (Å²) in [6, 6.07) is 7.34. The van der Waals surface area contributed by atoms with Gasteiger partial charge in [0.2, 0.25) is 0 Å². The Kier molecular flexibility index (Phi) is 2.49. The second-order valence-electron chi connectivity index (χ2n) is 4.51. The lowest BCUT2D eigenvalue weighted by Gasteiger charge is -2.24. The Labute approximate surface area is 104 Å². The van der Waals surface area contributed by atoms with Crippen LogP contribution in [0.25, 0.3) is 11.0 Å². The van der Waals surface area contributed by atoms with Crippen molar-refractivity contribution >= 4 is 22.6 Å². The number of aliphatic hydroxyl groups is 1. The van der Waals surface area contributed by atoms with Crippen LogP contribution in [0, 0.1) is 0 Å². The summed E-state index contributed by atoms with van der Waals surface area (Å²) in [5.41, 5.74) is -0.194. The normalized spacial score (nSPS) is 24.4. The quantitative estimate of drug-likeness (QED) is 0.774. The molecule has 1 N–H and O–H groups in total. The summed E-state index contributed by atoms with van der Waals surface area (Å²) in [7, 11) is 0. The van der Waals surface area contributed by atoms with Gasteiger partial charge in [-0.3, -0.25) is 0 Å². The van der Waals surface area contributed by atoms with Gasteiger partial charge in [0.25, 0.3) is 0 Å². The smallest absolute Gasteiger partial charge is 0.140 e. The Morgan fingerprint density at radius 2 is 2.18 bits per heavy atom. The molecular formula is C14H13ClO2. The van der Waals surface area contributed by atoms with Gasteiger partial charge < -0.3 is 9.52 Å². The van der Waals surface area contributed by atoms with Crippen LogP contribution in [0.2, 0.25) is 5.02 Å². The highest BCUT2D eigenvalue weighted by atomic mass is 35.5. The van der Waals surface area contributed by atoms with E-state index in [0.717, 1.165) is 23.8 Å². The Morgan fingerprint density at radius 1 is 1.29 bits per heavy atom. The van der Waals surface area contributed by atoms with Gasteiger partial charge in [0.05, 0.1) is 0 Å². The SMILES string of the molecule is OC1(c2cc3cc(Cl)ccc3o2)C=CCCC1. The zero-order valence-corrected chi connectivity index (χ0v) is 10.1. The minimum atomic E-state index is -0.955. The maximum absolute atomic E-state index is 10.5. The molecule has 17 heavy (non-hydrogen) atoms. The van der Waals surface area contributed by atoms with Crippen LogP contribution >= 0.6 is 11.6 Å². The molecule has 1 unspecified atom stereocenters. The number of benzene rings is 1. The third-order valence-electron chi connectivity index (χ3n) is 3.23. The monoisotopic (exact) mass is 248 g/mol. The molecule has 0 saturated carbocycles. The summed E-state index contributed by atoms with van der Waals surface area (Å²) in [4.78, 5) is 0. The van der Waals surface area contributed by atoms with E-state index in [9.17, 15) is 5.11 Å². The lowest BCUT2D eigenvalue weighted by Crippen LogP contribution is -2.23. The van der Waals surface area contributed by atoms with Crippen molar-refractivity contribution in [3.05, 3.63) is 47.2 Å². The van der Waals surface area contributed by atoms with Crippen molar-refractivity contribution in [1.82, 2.24) is 0 Å². The molecular weight excluding hydrogens is 236 g/mol. The van der Waals surface area contributed by atoms with Gasteiger partial charge >= 0.3 is 0 Å². The Bertz CT molecular complexity index is 585. The van der Waals surface area contributed by atoms with Crippen molar-refractivity contribution in [2.75, 3.05) is 0 Å². The van der Waals surface area contributed by atoms with E-state index in [-0.39, 0.29) is 0 Å². The summed E-state index contributed by atoms with van der Waals surface area (Å²) in [5, 5.41) is 12.1. The molecule has 1 aromatic heterocycles. The predicted molar refractivity (Wildman–Crippen MR) is 68.1 cm³/mol. The topological polar surface area (TPSA) is 33.4 Å². The zero-order chi connectivity index (χ0) is 11.9. The van der Waals surface area contributed by atoms with E-state index in [0.29, 0.717) is 17.2 Å². The van der Waals surface area contributed by atoms with Gasteiger partial charge in [-0.2, -0.15) is 0 Å². The lowest BCUT2D eigenvalue weighted by molar-refractivity contribution is 0.0511. The van der Waals surface area contributed by atoms with Crippen molar-refractivity contribution < 1.29 is 9.52 Å². The maximum Gasteiger partial charge on any atom is 0.140 e. The molecule has 2 aromatic rings. The van der Waals surface area contributed by atoms with E-state index in [4.69, 9.17) is 16.0 Å². The summed E-state index contributed by atoms with van der Waals surface area (Å²) in [5.74, 6) is 0.603. The fourth-order valence-electron chi connectivity index (χ4n) is 2.28. The van der Waals surface area contributed by atoms with E-state index < -0.39 is 5.60 Å². The molecule has 0 fully saturated rings. The first kappa shape index (κ1) is 10.9. The van der Waals surface area contributed by atoms with Gasteiger partial charge in [0.15, 0.2) is 0 Å². The van der Waals surface area contributed by atoms with Crippen molar-refractivity contribution in [2.24, 2.45) is 0 Å². The Hall–Kier alpha value is -1.25. The molecule has 3 heteroatoms. The molecule has 3 rings (SSSR count). The highest BCUT2D eigenvalue weighted by Gasteiger charge is 2.31. The van der Waals surface area contributed by atoms with Crippen molar-refractivity contribution in [3.63, 3.8) is 0 Å².